The maximum atomic E-state index is 11.5. The van der Waals surface area contributed by atoms with Crippen molar-refractivity contribution in [1.29, 1.82) is 0 Å². The number of benzene rings is 2. The van der Waals surface area contributed by atoms with Gasteiger partial charge >= 0.3 is 5.97 Å². The van der Waals surface area contributed by atoms with Crippen molar-refractivity contribution in [3.63, 3.8) is 0 Å². The molecule has 0 aliphatic heterocycles. The number of methoxy groups -OCH3 is 1. The number of carbonyl (C=O) groups excluding carboxylic acids is 1. The van der Waals surface area contributed by atoms with Crippen LogP contribution < -0.4 is 0 Å². The molecular weight excluding hydrogens is 422 g/mol. The molecule has 4 aromatic rings. The fourth-order valence-corrected chi connectivity index (χ4v) is 5.21. The van der Waals surface area contributed by atoms with E-state index in [1.54, 1.807) is 0 Å². The van der Waals surface area contributed by atoms with Crippen LogP contribution in [0.15, 0.2) is 73.1 Å². The molecule has 174 valence electrons. The Morgan fingerprint density at radius 3 is 2.91 bits per heavy atom. The highest BCUT2D eigenvalue weighted by Crippen LogP contribution is 2.37. The molecule has 5 rings (SSSR count). The SMILES string of the molecule is COC(=O)/C=C/c1ccc2c(c1)CCC2N(CCn1cc(C)c2ccccc21)Cc1ccc[nH]1. The third-order valence-electron chi connectivity index (χ3n) is 6.92. The molecular formula is C29H31N3O2. The second-order valence-electron chi connectivity index (χ2n) is 9.06. The van der Waals surface area contributed by atoms with E-state index in [-0.39, 0.29) is 5.97 Å². The molecule has 2 heterocycles. The number of hydrogen-bond donors (Lipinski definition) is 1. The summed E-state index contributed by atoms with van der Waals surface area (Å²) < 4.78 is 7.11. The number of nitrogens with zero attached hydrogens (tertiary/aromatic N) is 2. The lowest BCUT2D eigenvalue weighted by Gasteiger charge is -2.29. The van der Waals surface area contributed by atoms with Gasteiger partial charge in [-0.3, -0.25) is 4.90 Å². The van der Waals surface area contributed by atoms with Crippen LogP contribution in [0.5, 0.6) is 0 Å². The minimum absolute atomic E-state index is 0.330. The molecule has 0 fully saturated rings. The van der Waals surface area contributed by atoms with Gasteiger partial charge in [0.25, 0.3) is 0 Å². The first-order valence-corrected chi connectivity index (χ1v) is 11.9. The van der Waals surface area contributed by atoms with E-state index >= 15 is 0 Å². The molecule has 5 heteroatoms. The molecule has 1 aliphatic carbocycles. The Balaban J connectivity index is 1.39. The van der Waals surface area contributed by atoms with Crippen LogP contribution in [0.25, 0.3) is 17.0 Å². The van der Waals surface area contributed by atoms with Crippen molar-refractivity contribution in [2.24, 2.45) is 0 Å². The first-order chi connectivity index (χ1) is 16.6. The third kappa shape index (κ3) is 4.57. The highest BCUT2D eigenvalue weighted by molar-refractivity contribution is 5.87. The van der Waals surface area contributed by atoms with Crippen molar-refractivity contribution in [3.8, 4) is 0 Å². The highest BCUT2D eigenvalue weighted by atomic mass is 16.5. The van der Waals surface area contributed by atoms with Crippen molar-refractivity contribution >= 4 is 22.9 Å². The van der Waals surface area contributed by atoms with E-state index in [4.69, 9.17) is 4.74 Å². The van der Waals surface area contributed by atoms with Gasteiger partial charge in [-0.15, -0.1) is 0 Å². The van der Waals surface area contributed by atoms with Gasteiger partial charge in [0.2, 0.25) is 0 Å². The summed E-state index contributed by atoms with van der Waals surface area (Å²) >= 11 is 0. The van der Waals surface area contributed by atoms with Crippen LogP contribution in [0.1, 0.15) is 40.4 Å². The number of fused-ring (bicyclic) bond motifs is 2. The predicted molar refractivity (Wildman–Crippen MR) is 136 cm³/mol. The smallest absolute Gasteiger partial charge is 0.330 e. The number of aromatic amines is 1. The molecule has 1 unspecified atom stereocenters. The fraction of sp³-hybridized carbons (Fsp3) is 0.276. The van der Waals surface area contributed by atoms with Gasteiger partial charge in [-0.25, -0.2) is 4.79 Å². The van der Waals surface area contributed by atoms with E-state index < -0.39 is 0 Å². The highest BCUT2D eigenvalue weighted by Gasteiger charge is 2.28. The van der Waals surface area contributed by atoms with Gasteiger partial charge < -0.3 is 14.3 Å². The minimum Gasteiger partial charge on any atom is -0.466 e. The van der Waals surface area contributed by atoms with Gasteiger partial charge in [0.15, 0.2) is 0 Å². The van der Waals surface area contributed by atoms with Gasteiger partial charge in [0.05, 0.1) is 7.11 Å². The number of ether oxygens (including phenoxy) is 1. The van der Waals surface area contributed by atoms with Crippen molar-refractivity contribution in [2.45, 2.75) is 38.9 Å². The first kappa shape index (κ1) is 22.2. The number of aryl methyl sites for hydroxylation is 2. The molecule has 0 radical (unpaired) electrons. The predicted octanol–water partition coefficient (Wildman–Crippen LogP) is 5.65. The number of carbonyl (C=O) groups is 1. The monoisotopic (exact) mass is 453 g/mol. The molecule has 1 N–H and O–H groups in total. The number of rotatable bonds is 8. The van der Waals surface area contributed by atoms with Crippen molar-refractivity contribution in [2.75, 3.05) is 13.7 Å². The van der Waals surface area contributed by atoms with Crippen LogP contribution in [0.3, 0.4) is 0 Å². The molecule has 0 saturated carbocycles. The van der Waals surface area contributed by atoms with Crippen molar-refractivity contribution in [1.82, 2.24) is 14.5 Å². The second-order valence-corrected chi connectivity index (χ2v) is 9.06. The average molecular weight is 454 g/mol. The lowest BCUT2D eigenvalue weighted by molar-refractivity contribution is -0.134. The van der Waals surface area contributed by atoms with Crippen LogP contribution in [0.2, 0.25) is 0 Å². The normalized spacial score (nSPS) is 15.4. The van der Waals surface area contributed by atoms with E-state index in [9.17, 15) is 4.79 Å². The summed E-state index contributed by atoms with van der Waals surface area (Å²) in [5.74, 6) is -0.330. The molecule has 0 bridgehead atoms. The Kier molecular flexibility index (Phi) is 6.37. The van der Waals surface area contributed by atoms with Gasteiger partial charge in [-0.1, -0.05) is 36.4 Å². The second kappa shape index (κ2) is 9.74. The summed E-state index contributed by atoms with van der Waals surface area (Å²) in [6.45, 7) is 4.99. The molecule has 1 aliphatic rings. The summed E-state index contributed by atoms with van der Waals surface area (Å²) in [6.07, 6.45) is 9.74. The van der Waals surface area contributed by atoms with Gasteiger partial charge in [-0.05, 0) is 66.3 Å². The Labute approximate surface area is 200 Å². The number of esters is 1. The van der Waals surface area contributed by atoms with Gasteiger partial charge in [-0.2, -0.15) is 0 Å². The van der Waals surface area contributed by atoms with Crippen molar-refractivity contribution in [3.05, 3.63) is 101 Å². The van der Waals surface area contributed by atoms with Gasteiger partial charge in [0, 0.05) is 60.7 Å². The lowest BCUT2D eigenvalue weighted by Crippen LogP contribution is -2.30. The van der Waals surface area contributed by atoms with Crippen LogP contribution in [-0.4, -0.2) is 34.1 Å². The summed E-state index contributed by atoms with van der Waals surface area (Å²) in [6, 6.07) is 19.8. The zero-order valence-electron chi connectivity index (χ0n) is 19.8. The Hall–Kier alpha value is -3.57. The maximum Gasteiger partial charge on any atom is 0.330 e. The average Bonchev–Trinajstić information content (AvgIpc) is 3.60. The molecule has 34 heavy (non-hydrogen) atoms. The van der Waals surface area contributed by atoms with Crippen LogP contribution in [-0.2, 0) is 29.0 Å². The largest absolute Gasteiger partial charge is 0.466 e. The van der Waals surface area contributed by atoms with Crippen molar-refractivity contribution < 1.29 is 9.53 Å². The number of nitrogens with one attached hydrogen (secondary N) is 1. The molecule has 2 aromatic heterocycles. The summed E-state index contributed by atoms with van der Waals surface area (Å²) in [7, 11) is 1.40. The fourth-order valence-electron chi connectivity index (χ4n) is 5.21. The summed E-state index contributed by atoms with van der Waals surface area (Å²) in [4.78, 5) is 17.5. The quantitative estimate of drug-likeness (QED) is 0.277. The van der Waals surface area contributed by atoms with Crippen LogP contribution >= 0.6 is 0 Å². The van der Waals surface area contributed by atoms with Gasteiger partial charge in [0.1, 0.15) is 0 Å². The topological polar surface area (TPSA) is 50.3 Å². The molecule has 5 nitrogen and oxygen atoms in total. The van der Waals surface area contributed by atoms with E-state index in [1.807, 2.05) is 12.3 Å². The molecule has 0 saturated heterocycles. The zero-order valence-corrected chi connectivity index (χ0v) is 19.8. The first-order valence-electron chi connectivity index (χ1n) is 11.9. The molecule has 0 spiro atoms. The number of aromatic nitrogens is 2. The summed E-state index contributed by atoms with van der Waals surface area (Å²) in [5.41, 5.74) is 7.67. The molecule has 2 aromatic carbocycles. The maximum absolute atomic E-state index is 11.5. The van der Waals surface area contributed by atoms with E-state index in [1.165, 1.54) is 46.5 Å². The molecule has 1 atom stereocenters. The lowest BCUT2D eigenvalue weighted by atomic mass is 10.0. The zero-order chi connectivity index (χ0) is 23.5. The van der Waals surface area contributed by atoms with E-state index in [2.05, 4.69) is 82.2 Å². The Bertz CT molecular complexity index is 1320. The minimum atomic E-state index is -0.330. The molecule has 0 amide bonds. The van der Waals surface area contributed by atoms with E-state index in [0.717, 1.165) is 38.0 Å². The Morgan fingerprint density at radius 2 is 2.09 bits per heavy atom. The van der Waals surface area contributed by atoms with E-state index in [0.29, 0.717) is 6.04 Å². The number of hydrogen-bond acceptors (Lipinski definition) is 3. The third-order valence-corrected chi connectivity index (χ3v) is 6.92. The Morgan fingerprint density at radius 1 is 1.21 bits per heavy atom. The number of para-hydroxylation sites is 1. The van der Waals surface area contributed by atoms with Crippen LogP contribution in [0, 0.1) is 6.92 Å². The van der Waals surface area contributed by atoms with Crippen LogP contribution in [0.4, 0.5) is 0 Å². The number of H-pyrrole nitrogens is 1. The standard InChI is InChI=1S/C29H31N3O2/c1-21-19-31(27-8-4-3-7-25(21)27)16-17-32(20-24-6-5-15-30-24)28-13-11-23-18-22(9-12-26(23)28)10-14-29(33)34-2/h3-10,12,14-15,18-19,28,30H,11,13,16-17,20H2,1-2H3/b14-10+. The summed E-state index contributed by atoms with van der Waals surface area (Å²) in [5, 5.41) is 1.33.